The Labute approximate surface area is 121 Å². The third-order valence-corrected chi connectivity index (χ3v) is 5.96. The van der Waals surface area contributed by atoms with Crippen LogP contribution in [0.5, 0.6) is 0 Å². The summed E-state index contributed by atoms with van der Waals surface area (Å²) in [5.41, 5.74) is 0.228. The van der Waals surface area contributed by atoms with E-state index in [1.54, 1.807) is 0 Å². The smallest absolute Gasteiger partial charge is 0.0713 e. The van der Waals surface area contributed by atoms with Gasteiger partial charge in [0.1, 0.15) is 0 Å². The summed E-state index contributed by atoms with van der Waals surface area (Å²) in [6.45, 7) is 8.02. The van der Waals surface area contributed by atoms with Crippen molar-refractivity contribution >= 4 is 11.8 Å². The minimum Gasteiger partial charge on any atom is -0.375 e. The minimum absolute atomic E-state index is 0.228. The lowest BCUT2D eigenvalue weighted by Gasteiger charge is -2.49. The maximum Gasteiger partial charge on any atom is 0.0713 e. The van der Waals surface area contributed by atoms with Crippen LogP contribution in [0.2, 0.25) is 0 Å². The van der Waals surface area contributed by atoms with Gasteiger partial charge in [0.2, 0.25) is 0 Å². The van der Waals surface area contributed by atoms with Gasteiger partial charge in [0.05, 0.1) is 5.60 Å². The molecule has 0 bridgehead atoms. The van der Waals surface area contributed by atoms with E-state index in [1.807, 2.05) is 0 Å². The molecule has 3 aliphatic rings. The number of thioether (sulfide) groups is 1. The van der Waals surface area contributed by atoms with Crippen LogP contribution in [0, 0.1) is 0 Å². The molecule has 0 aromatic rings. The van der Waals surface area contributed by atoms with Gasteiger partial charge in [-0.2, -0.15) is 11.8 Å². The molecule has 110 valence electrons. The molecule has 1 N–H and O–H groups in total. The molecule has 3 saturated heterocycles. The van der Waals surface area contributed by atoms with E-state index in [4.69, 9.17) is 4.74 Å². The minimum atomic E-state index is 0.228. The Bertz CT molecular complexity index is 291. The highest BCUT2D eigenvalue weighted by atomic mass is 32.2. The molecule has 3 nitrogen and oxygen atoms in total. The standard InChI is InChI=1S/C15H28N2OS/c1-12-10-17(11-13(2)16-12)14-3-6-18-15(9-14)4-7-19-8-5-15/h12-14,16H,3-11H2,1-2H3. The highest BCUT2D eigenvalue weighted by Gasteiger charge is 2.41. The predicted octanol–water partition coefficient (Wildman–Crippen LogP) is 2.11. The van der Waals surface area contributed by atoms with Gasteiger partial charge in [0.15, 0.2) is 0 Å². The number of ether oxygens (including phenoxy) is 1. The molecule has 0 aliphatic carbocycles. The first-order chi connectivity index (χ1) is 9.17. The summed E-state index contributed by atoms with van der Waals surface area (Å²) in [5.74, 6) is 2.59. The third-order valence-electron chi connectivity index (χ3n) is 4.97. The Morgan fingerprint density at radius 2 is 1.84 bits per heavy atom. The molecular weight excluding hydrogens is 256 g/mol. The molecule has 3 fully saturated rings. The fraction of sp³-hybridized carbons (Fsp3) is 1.00. The Kier molecular flexibility index (Phi) is 4.42. The van der Waals surface area contributed by atoms with Crippen molar-refractivity contribution in [2.45, 2.75) is 63.3 Å². The molecule has 1 spiro atoms. The summed E-state index contributed by atoms with van der Waals surface area (Å²) < 4.78 is 6.23. The maximum atomic E-state index is 6.23. The number of nitrogens with one attached hydrogen (secondary N) is 1. The van der Waals surface area contributed by atoms with Gasteiger partial charge in [-0.05, 0) is 51.0 Å². The van der Waals surface area contributed by atoms with E-state index in [9.17, 15) is 0 Å². The molecule has 3 heterocycles. The lowest BCUT2D eigenvalue weighted by molar-refractivity contribution is -0.113. The highest BCUT2D eigenvalue weighted by molar-refractivity contribution is 7.99. The summed E-state index contributed by atoms with van der Waals surface area (Å²) in [6.07, 6.45) is 5.04. The molecule has 4 heteroatoms. The molecule has 0 saturated carbocycles. The lowest BCUT2D eigenvalue weighted by atomic mass is 9.84. The molecule has 0 aromatic heterocycles. The molecule has 3 atom stereocenters. The lowest BCUT2D eigenvalue weighted by Crippen LogP contribution is -2.59. The van der Waals surface area contributed by atoms with E-state index >= 15 is 0 Å². The van der Waals surface area contributed by atoms with E-state index in [0.717, 1.165) is 12.6 Å². The molecule has 0 aromatic carbocycles. The van der Waals surface area contributed by atoms with E-state index in [-0.39, 0.29) is 5.60 Å². The number of nitrogens with zero attached hydrogens (tertiary/aromatic N) is 1. The zero-order valence-electron chi connectivity index (χ0n) is 12.4. The van der Waals surface area contributed by atoms with Gasteiger partial charge in [-0.15, -0.1) is 0 Å². The van der Waals surface area contributed by atoms with Crippen LogP contribution in [0.25, 0.3) is 0 Å². The van der Waals surface area contributed by atoms with Crippen LogP contribution in [-0.2, 0) is 4.74 Å². The number of hydrogen-bond donors (Lipinski definition) is 1. The van der Waals surface area contributed by atoms with Gasteiger partial charge in [0, 0.05) is 37.8 Å². The summed E-state index contributed by atoms with van der Waals surface area (Å²) in [4.78, 5) is 2.73. The molecule has 0 amide bonds. The first kappa shape index (κ1) is 14.2. The largest absolute Gasteiger partial charge is 0.375 e. The van der Waals surface area contributed by atoms with Crippen LogP contribution in [-0.4, -0.2) is 59.8 Å². The van der Waals surface area contributed by atoms with Crippen LogP contribution in [0.4, 0.5) is 0 Å². The van der Waals surface area contributed by atoms with Gasteiger partial charge in [0.25, 0.3) is 0 Å². The summed E-state index contributed by atoms with van der Waals surface area (Å²) in [7, 11) is 0. The van der Waals surface area contributed by atoms with Gasteiger partial charge in [-0.25, -0.2) is 0 Å². The fourth-order valence-corrected chi connectivity index (χ4v) is 5.31. The van der Waals surface area contributed by atoms with Crippen molar-refractivity contribution in [3.63, 3.8) is 0 Å². The molecule has 3 aliphatic heterocycles. The van der Waals surface area contributed by atoms with Gasteiger partial charge in [-0.3, -0.25) is 4.90 Å². The molecular formula is C15H28N2OS. The van der Waals surface area contributed by atoms with Crippen molar-refractivity contribution in [3.05, 3.63) is 0 Å². The Balaban J connectivity index is 1.64. The monoisotopic (exact) mass is 284 g/mol. The SMILES string of the molecule is CC1CN(C2CCOC3(CCSCC3)C2)CC(C)N1. The quantitative estimate of drug-likeness (QED) is 0.797. The van der Waals surface area contributed by atoms with Crippen molar-refractivity contribution in [1.29, 1.82) is 0 Å². The second kappa shape index (κ2) is 5.92. The van der Waals surface area contributed by atoms with Crippen LogP contribution < -0.4 is 5.32 Å². The van der Waals surface area contributed by atoms with Crippen molar-refractivity contribution in [2.24, 2.45) is 0 Å². The van der Waals surface area contributed by atoms with Gasteiger partial charge < -0.3 is 10.1 Å². The van der Waals surface area contributed by atoms with Crippen molar-refractivity contribution in [1.82, 2.24) is 10.2 Å². The second-order valence-electron chi connectivity index (χ2n) is 6.71. The first-order valence-corrected chi connectivity index (χ1v) is 9.04. The maximum absolute atomic E-state index is 6.23. The van der Waals surface area contributed by atoms with Gasteiger partial charge in [-0.1, -0.05) is 0 Å². The zero-order valence-corrected chi connectivity index (χ0v) is 13.2. The van der Waals surface area contributed by atoms with E-state index in [2.05, 4.69) is 35.8 Å². The summed E-state index contributed by atoms with van der Waals surface area (Å²) in [6, 6.07) is 2.01. The normalized spacial score (nSPS) is 40.4. The van der Waals surface area contributed by atoms with Gasteiger partial charge >= 0.3 is 0 Å². The summed E-state index contributed by atoms with van der Waals surface area (Å²) >= 11 is 2.10. The van der Waals surface area contributed by atoms with Crippen molar-refractivity contribution in [3.8, 4) is 0 Å². The average Bonchev–Trinajstić information content (AvgIpc) is 2.38. The zero-order chi connectivity index (χ0) is 13.3. The number of piperazine rings is 1. The average molecular weight is 284 g/mol. The molecule has 3 rings (SSSR count). The van der Waals surface area contributed by atoms with Crippen molar-refractivity contribution in [2.75, 3.05) is 31.2 Å². The predicted molar refractivity (Wildman–Crippen MR) is 81.9 cm³/mol. The van der Waals surface area contributed by atoms with Crippen LogP contribution >= 0.6 is 11.8 Å². The molecule has 19 heavy (non-hydrogen) atoms. The first-order valence-electron chi connectivity index (χ1n) is 7.89. The Morgan fingerprint density at radius 1 is 1.16 bits per heavy atom. The van der Waals surface area contributed by atoms with E-state index in [0.29, 0.717) is 12.1 Å². The Morgan fingerprint density at radius 3 is 2.53 bits per heavy atom. The third kappa shape index (κ3) is 3.29. The summed E-state index contributed by atoms with van der Waals surface area (Å²) in [5, 5.41) is 3.64. The molecule has 0 radical (unpaired) electrons. The topological polar surface area (TPSA) is 24.5 Å². The van der Waals surface area contributed by atoms with E-state index in [1.165, 1.54) is 50.3 Å². The van der Waals surface area contributed by atoms with Crippen LogP contribution in [0.3, 0.4) is 0 Å². The number of rotatable bonds is 1. The second-order valence-corrected chi connectivity index (χ2v) is 7.94. The van der Waals surface area contributed by atoms with Crippen LogP contribution in [0.15, 0.2) is 0 Å². The van der Waals surface area contributed by atoms with E-state index < -0.39 is 0 Å². The highest BCUT2D eigenvalue weighted by Crippen LogP contribution is 2.39. The fourth-order valence-electron chi connectivity index (χ4n) is 4.07. The van der Waals surface area contributed by atoms with Crippen molar-refractivity contribution < 1.29 is 4.74 Å². The number of hydrogen-bond acceptors (Lipinski definition) is 4. The van der Waals surface area contributed by atoms with Crippen LogP contribution in [0.1, 0.15) is 39.5 Å². The molecule has 3 unspecified atom stereocenters. The Hall–Kier alpha value is 0.230.